The Kier molecular flexibility index (Phi) is 4.14. The molecule has 1 aliphatic heterocycles. The lowest BCUT2D eigenvalue weighted by atomic mass is 9.92. The van der Waals surface area contributed by atoms with Crippen LogP contribution >= 0.6 is 0 Å². The van der Waals surface area contributed by atoms with Crippen molar-refractivity contribution < 1.29 is 13.6 Å². The van der Waals surface area contributed by atoms with Crippen molar-refractivity contribution in [2.45, 2.75) is 25.8 Å². The molecule has 2 rings (SSSR count). The number of hydrogen-bond donors (Lipinski definition) is 1. The molecule has 0 spiro atoms. The van der Waals surface area contributed by atoms with E-state index in [1.54, 1.807) is 4.90 Å². The highest BCUT2D eigenvalue weighted by molar-refractivity contribution is 5.94. The molecule has 1 fully saturated rings. The van der Waals surface area contributed by atoms with Crippen LogP contribution in [0.5, 0.6) is 0 Å². The number of benzene rings is 1. The maximum atomic E-state index is 13.7. The summed E-state index contributed by atoms with van der Waals surface area (Å²) in [5.74, 6) is -2.06. The van der Waals surface area contributed by atoms with Crippen molar-refractivity contribution in [1.82, 2.24) is 4.90 Å². The number of amides is 1. The Morgan fingerprint density at radius 2 is 2.21 bits per heavy atom. The molecule has 0 radical (unpaired) electrons. The van der Waals surface area contributed by atoms with Crippen LogP contribution in [-0.4, -0.2) is 29.9 Å². The average molecular weight is 268 g/mol. The van der Waals surface area contributed by atoms with Gasteiger partial charge in [0, 0.05) is 19.1 Å². The van der Waals surface area contributed by atoms with Crippen LogP contribution < -0.4 is 5.73 Å². The van der Waals surface area contributed by atoms with E-state index in [0.717, 1.165) is 18.9 Å². The van der Waals surface area contributed by atoms with Gasteiger partial charge in [-0.3, -0.25) is 4.79 Å². The summed E-state index contributed by atoms with van der Waals surface area (Å²) in [6, 6.07) is 3.56. The molecule has 104 valence electrons. The van der Waals surface area contributed by atoms with E-state index in [9.17, 15) is 13.6 Å². The molecule has 1 aromatic carbocycles. The monoisotopic (exact) mass is 268 g/mol. The predicted molar refractivity (Wildman–Crippen MR) is 68.6 cm³/mol. The number of piperidine rings is 1. The van der Waals surface area contributed by atoms with Gasteiger partial charge in [-0.25, -0.2) is 8.78 Å². The van der Waals surface area contributed by atoms with Crippen molar-refractivity contribution in [2.24, 2.45) is 11.7 Å². The third-order valence-corrected chi connectivity index (χ3v) is 3.69. The van der Waals surface area contributed by atoms with Crippen molar-refractivity contribution in [3.8, 4) is 0 Å². The average Bonchev–Trinajstić information content (AvgIpc) is 2.41. The number of likely N-dealkylation sites (tertiary alicyclic amines) is 1. The van der Waals surface area contributed by atoms with Crippen molar-refractivity contribution in [3.63, 3.8) is 0 Å². The van der Waals surface area contributed by atoms with Crippen LogP contribution in [0.25, 0.3) is 0 Å². The zero-order valence-corrected chi connectivity index (χ0v) is 10.9. The molecule has 1 heterocycles. The van der Waals surface area contributed by atoms with E-state index >= 15 is 0 Å². The molecule has 2 N–H and O–H groups in total. The molecule has 5 heteroatoms. The number of carbonyl (C=O) groups is 1. The zero-order valence-electron chi connectivity index (χ0n) is 10.9. The number of nitrogens with zero attached hydrogens (tertiary/aromatic N) is 1. The lowest BCUT2D eigenvalue weighted by molar-refractivity contribution is 0.0568. The van der Waals surface area contributed by atoms with Gasteiger partial charge >= 0.3 is 0 Å². The highest BCUT2D eigenvalue weighted by Gasteiger charge is 2.31. The van der Waals surface area contributed by atoms with E-state index in [1.807, 2.05) is 0 Å². The first kappa shape index (κ1) is 13.9. The molecular formula is C14H18F2N2O. The summed E-state index contributed by atoms with van der Waals surface area (Å²) in [4.78, 5) is 13.9. The molecule has 1 amide bonds. The van der Waals surface area contributed by atoms with Gasteiger partial charge in [0.25, 0.3) is 5.91 Å². The van der Waals surface area contributed by atoms with Gasteiger partial charge < -0.3 is 10.6 Å². The fraction of sp³-hybridized carbons (Fsp3) is 0.500. The third-order valence-electron chi connectivity index (χ3n) is 3.69. The van der Waals surface area contributed by atoms with Crippen molar-refractivity contribution in [1.29, 1.82) is 0 Å². The Bertz CT molecular complexity index is 479. The Balaban J connectivity index is 2.25. The summed E-state index contributed by atoms with van der Waals surface area (Å²) >= 11 is 0. The quantitative estimate of drug-likeness (QED) is 0.893. The Morgan fingerprint density at radius 3 is 2.89 bits per heavy atom. The van der Waals surface area contributed by atoms with Gasteiger partial charge in [-0.2, -0.15) is 0 Å². The van der Waals surface area contributed by atoms with E-state index < -0.39 is 17.5 Å². The Morgan fingerprint density at radius 1 is 1.47 bits per heavy atom. The molecule has 1 saturated heterocycles. The van der Waals surface area contributed by atoms with Crippen molar-refractivity contribution >= 4 is 5.91 Å². The zero-order chi connectivity index (χ0) is 14.0. The second-order valence-electron chi connectivity index (χ2n) is 5.12. The van der Waals surface area contributed by atoms with Crippen LogP contribution in [-0.2, 0) is 0 Å². The fourth-order valence-corrected chi connectivity index (χ4v) is 2.57. The number of nitrogens with two attached hydrogens (primary N) is 1. The molecule has 3 nitrogen and oxygen atoms in total. The van der Waals surface area contributed by atoms with Crippen LogP contribution in [0.4, 0.5) is 8.78 Å². The second kappa shape index (κ2) is 5.65. The molecule has 1 aromatic rings. The minimum Gasteiger partial charge on any atom is -0.334 e. The van der Waals surface area contributed by atoms with Gasteiger partial charge in [-0.1, -0.05) is 13.0 Å². The van der Waals surface area contributed by atoms with Gasteiger partial charge in [0.15, 0.2) is 11.6 Å². The molecule has 2 unspecified atom stereocenters. The minimum absolute atomic E-state index is 0.0982. The first-order chi connectivity index (χ1) is 9.04. The molecule has 19 heavy (non-hydrogen) atoms. The summed E-state index contributed by atoms with van der Waals surface area (Å²) in [6.45, 7) is 2.98. The molecule has 0 bridgehead atoms. The molecular weight excluding hydrogens is 250 g/mol. The number of carbonyl (C=O) groups excluding carboxylic acids is 1. The lowest BCUT2D eigenvalue weighted by Gasteiger charge is -2.38. The summed E-state index contributed by atoms with van der Waals surface area (Å²) in [6.07, 6.45) is 1.67. The van der Waals surface area contributed by atoms with Crippen LogP contribution in [0.3, 0.4) is 0 Å². The molecule has 2 atom stereocenters. The second-order valence-corrected chi connectivity index (χ2v) is 5.12. The van der Waals surface area contributed by atoms with Gasteiger partial charge in [-0.05, 0) is 30.9 Å². The van der Waals surface area contributed by atoms with E-state index in [4.69, 9.17) is 5.73 Å². The summed E-state index contributed by atoms with van der Waals surface area (Å²) in [5, 5.41) is 0. The van der Waals surface area contributed by atoms with Crippen LogP contribution in [0.2, 0.25) is 0 Å². The number of hydrogen-bond acceptors (Lipinski definition) is 2. The third kappa shape index (κ3) is 2.76. The molecule has 0 saturated carbocycles. The van der Waals surface area contributed by atoms with Crippen molar-refractivity contribution in [2.75, 3.05) is 13.1 Å². The van der Waals surface area contributed by atoms with Crippen LogP contribution in [0.1, 0.15) is 30.1 Å². The van der Waals surface area contributed by atoms with Gasteiger partial charge in [0.1, 0.15) is 0 Å². The highest BCUT2D eigenvalue weighted by Crippen LogP contribution is 2.24. The summed E-state index contributed by atoms with van der Waals surface area (Å²) in [5.41, 5.74) is 5.46. The molecule has 0 aliphatic carbocycles. The van der Waals surface area contributed by atoms with Crippen LogP contribution in [0, 0.1) is 17.6 Å². The molecule has 1 aliphatic rings. The van der Waals surface area contributed by atoms with Gasteiger partial charge in [0.05, 0.1) is 5.56 Å². The van der Waals surface area contributed by atoms with Crippen LogP contribution in [0.15, 0.2) is 18.2 Å². The SMILES string of the molecule is CC1CCN(C(=O)c2cccc(F)c2F)C(CN)C1. The fourth-order valence-electron chi connectivity index (χ4n) is 2.57. The predicted octanol–water partition coefficient (Wildman–Crippen LogP) is 2.16. The largest absolute Gasteiger partial charge is 0.334 e. The van der Waals surface area contributed by atoms with E-state index in [1.165, 1.54) is 12.1 Å². The lowest BCUT2D eigenvalue weighted by Crippen LogP contribution is -2.49. The number of halogens is 2. The topological polar surface area (TPSA) is 46.3 Å². The van der Waals surface area contributed by atoms with E-state index in [-0.39, 0.29) is 11.6 Å². The van der Waals surface area contributed by atoms with Gasteiger partial charge in [0.2, 0.25) is 0 Å². The van der Waals surface area contributed by atoms with E-state index in [0.29, 0.717) is 19.0 Å². The standard InChI is InChI=1S/C14H18F2N2O/c1-9-5-6-18(10(7-9)8-17)14(19)11-3-2-4-12(15)13(11)16/h2-4,9-10H,5-8,17H2,1H3. The maximum Gasteiger partial charge on any atom is 0.257 e. The summed E-state index contributed by atoms with van der Waals surface area (Å²) in [7, 11) is 0. The van der Waals surface area contributed by atoms with Gasteiger partial charge in [-0.15, -0.1) is 0 Å². The Hall–Kier alpha value is -1.49. The summed E-state index contributed by atoms with van der Waals surface area (Å²) < 4.78 is 26.8. The highest BCUT2D eigenvalue weighted by atomic mass is 19.2. The Labute approximate surface area is 111 Å². The first-order valence-corrected chi connectivity index (χ1v) is 6.49. The maximum absolute atomic E-state index is 13.7. The first-order valence-electron chi connectivity index (χ1n) is 6.49. The minimum atomic E-state index is -1.08. The smallest absolute Gasteiger partial charge is 0.257 e. The van der Waals surface area contributed by atoms with E-state index in [2.05, 4.69) is 6.92 Å². The normalized spacial score (nSPS) is 23.5. The van der Waals surface area contributed by atoms with Crippen molar-refractivity contribution in [3.05, 3.63) is 35.4 Å². The number of rotatable bonds is 2. The molecule has 0 aromatic heterocycles.